The van der Waals surface area contributed by atoms with E-state index in [0.29, 0.717) is 29.4 Å². The van der Waals surface area contributed by atoms with Gasteiger partial charge in [-0.05, 0) is 43.7 Å². The molecule has 39 heavy (non-hydrogen) atoms. The van der Waals surface area contributed by atoms with E-state index in [1.54, 1.807) is 37.0 Å². The maximum atomic E-state index is 13.7. The van der Waals surface area contributed by atoms with E-state index < -0.39 is 5.91 Å². The fourth-order valence-electron chi connectivity index (χ4n) is 4.55. The van der Waals surface area contributed by atoms with Gasteiger partial charge in [-0.3, -0.25) is 28.4 Å². The van der Waals surface area contributed by atoms with Crippen LogP contribution in [0.4, 0.5) is 11.5 Å². The topological polar surface area (TPSA) is 93.6 Å². The molecule has 0 unspecified atom stereocenters. The van der Waals surface area contributed by atoms with Crippen molar-refractivity contribution in [3.63, 3.8) is 0 Å². The summed E-state index contributed by atoms with van der Waals surface area (Å²) in [4.78, 5) is 46.9. The molecule has 1 fully saturated rings. The highest BCUT2D eigenvalue weighted by Gasteiger charge is 2.38. The minimum atomic E-state index is -0.453. The summed E-state index contributed by atoms with van der Waals surface area (Å²) in [5.74, 6) is -0.0413. The third kappa shape index (κ3) is 4.83. The van der Waals surface area contributed by atoms with Crippen molar-refractivity contribution in [1.29, 1.82) is 0 Å². The van der Waals surface area contributed by atoms with E-state index in [2.05, 4.69) is 17.2 Å². The summed E-state index contributed by atoms with van der Waals surface area (Å²) in [6.45, 7) is 4.54. The maximum absolute atomic E-state index is 13.7. The first-order chi connectivity index (χ1) is 18.8. The Morgan fingerprint density at radius 2 is 1.77 bits per heavy atom. The van der Waals surface area contributed by atoms with E-state index >= 15 is 0 Å². The number of hydrogen-bond acceptors (Lipinski definition) is 7. The van der Waals surface area contributed by atoms with Gasteiger partial charge in [-0.25, -0.2) is 9.67 Å². The van der Waals surface area contributed by atoms with E-state index in [4.69, 9.17) is 12.2 Å². The van der Waals surface area contributed by atoms with Gasteiger partial charge in [0.1, 0.15) is 17.2 Å². The molecular formula is C28H28N6O3S2. The molecule has 0 saturated carbocycles. The van der Waals surface area contributed by atoms with Crippen LogP contribution in [0.5, 0.6) is 0 Å². The van der Waals surface area contributed by atoms with E-state index in [9.17, 15) is 14.4 Å². The fourth-order valence-corrected chi connectivity index (χ4v) is 5.81. The number of pyridine rings is 1. The molecule has 9 nitrogen and oxygen atoms in total. The van der Waals surface area contributed by atoms with Crippen molar-refractivity contribution in [3.05, 3.63) is 91.6 Å². The molecule has 1 amide bonds. The summed E-state index contributed by atoms with van der Waals surface area (Å²) in [5, 5.41) is 3.28. The van der Waals surface area contributed by atoms with Gasteiger partial charge in [0.25, 0.3) is 17.0 Å². The number of unbranched alkanes of at least 4 members (excludes halogenated alkanes) is 2. The minimum Gasteiger partial charge on any atom is -0.369 e. The predicted octanol–water partition coefficient (Wildman–Crippen LogP) is 4.50. The Bertz CT molecular complexity index is 1740. The Morgan fingerprint density at radius 1 is 1.03 bits per heavy atom. The van der Waals surface area contributed by atoms with Crippen LogP contribution in [0.1, 0.15) is 37.4 Å². The highest BCUT2D eigenvalue weighted by atomic mass is 32.2. The number of nitrogens with zero attached hydrogens (tertiary/aromatic N) is 5. The first-order valence-electron chi connectivity index (χ1n) is 12.7. The molecule has 0 bridgehead atoms. The molecule has 4 heterocycles. The normalized spacial score (nSPS) is 14.6. The zero-order chi connectivity index (χ0) is 27.7. The number of rotatable bonds is 8. The van der Waals surface area contributed by atoms with Gasteiger partial charge in [-0.1, -0.05) is 68.0 Å². The molecule has 5 rings (SSSR count). The number of nitrogens with one attached hydrogen (secondary N) is 1. The van der Waals surface area contributed by atoms with Crippen molar-refractivity contribution < 1.29 is 4.79 Å². The van der Waals surface area contributed by atoms with Gasteiger partial charge in [0.05, 0.1) is 21.8 Å². The number of para-hydroxylation sites is 1. The molecule has 1 saturated heterocycles. The monoisotopic (exact) mass is 560 g/mol. The van der Waals surface area contributed by atoms with Crippen molar-refractivity contribution in [2.24, 2.45) is 7.05 Å². The Hall–Kier alpha value is -3.96. The number of amides is 1. The number of carbonyl (C=O) groups is 1. The summed E-state index contributed by atoms with van der Waals surface area (Å²) in [7, 11) is 1.76. The van der Waals surface area contributed by atoms with Gasteiger partial charge >= 0.3 is 0 Å². The quantitative estimate of drug-likeness (QED) is 0.193. The molecular weight excluding hydrogens is 532 g/mol. The molecule has 1 aromatic carbocycles. The summed E-state index contributed by atoms with van der Waals surface area (Å²) in [6.07, 6.45) is 6.22. The van der Waals surface area contributed by atoms with Crippen molar-refractivity contribution >= 4 is 57.4 Å². The molecule has 1 N–H and O–H groups in total. The van der Waals surface area contributed by atoms with Crippen LogP contribution in [0.3, 0.4) is 0 Å². The van der Waals surface area contributed by atoms with Crippen molar-refractivity contribution in [3.8, 4) is 5.69 Å². The Balaban J connectivity index is 1.57. The van der Waals surface area contributed by atoms with Crippen LogP contribution < -0.4 is 21.3 Å². The standard InChI is InChI=1S/C28H28N6O3S2/c1-4-5-10-15-29-24-20(25(35)32-16-11-9-14-22(32)30-24)17-21-26(36)33(28(38)39-21)23-18(2)31(3)34(27(23)37)19-12-7-6-8-13-19/h6-9,11-14,16-17,29H,4-5,10,15H2,1-3H3/b21-17+. The lowest BCUT2D eigenvalue weighted by molar-refractivity contribution is -0.113. The molecule has 0 spiro atoms. The second-order valence-corrected chi connectivity index (χ2v) is 10.8. The summed E-state index contributed by atoms with van der Waals surface area (Å²) in [6, 6.07) is 14.5. The Kier molecular flexibility index (Phi) is 7.53. The van der Waals surface area contributed by atoms with Crippen molar-refractivity contribution in [2.45, 2.75) is 33.1 Å². The molecule has 0 atom stereocenters. The fraction of sp³-hybridized carbons (Fsp3) is 0.250. The molecule has 0 radical (unpaired) electrons. The Labute approximate surface area is 234 Å². The van der Waals surface area contributed by atoms with Crippen molar-refractivity contribution in [2.75, 3.05) is 16.8 Å². The Morgan fingerprint density at radius 3 is 2.51 bits per heavy atom. The lowest BCUT2D eigenvalue weighted by atomic mass is 10.2. The lowest BCUT2D eigenvalue weighted by Gasteiger charge is -2.12. The van der Waals surface area contributed by atoms with Crippen LogP contribution in [-0.2, 0) is 11.8 Å². The number of carbonyl (C=O) groups excluding carboxylic acids is 1. The molecule has 1 aliphatic rings. The average Bonchev–Trinajstić information content (AvgIpc) is 3.33. The van der Waals surface area contributed by atoms with Gasteiger partial charge < -0.3 is 5.32 Å². The van der Waals surface area contributed by atoms with Crippen LogP contribution in [0.15, 0.2) is 69.2 Å². The van der Waals surface area contributed by atoms with E-state index in [-0.39, 0.29) is 31.6 Å². The average molecular weight is 561 g/mol. The van der Waals surface area contributed by atoms with Crippen LogP contribution >= 0.6 is 24.0 Å². The number of benzene rings is 1. The lowest BCUT2D eigenvalue weighted by Crippen LogP contribution is -2.33. The zero-order valence-corrected chi connectivity index (χ0v) is 23.5. The smallest absolute Gasteiger partial charge is 0.296 e. The van der Waals surface area contributed by atoms with E-state index in [0.717, 1.165) is 31.0 Å². The van der Waals surface area contributed by atoms with Crippen LogP contribution in [0, 0.1) is 6.92 Å². The highest BCUT2D eigenvalue weighted by Crippen LogP contribution is 2.36. The molecule has 200 valence electrons. The second kappa shape index (κ2) is 11.0. The first-order valence-corrected chi connectivity index (χ1v) is 13.9. The highest BCUT2D eigenvalue weighted by molar-refractivity contribution is 8.27. The zero-order valence-electron chi connectivity index (χ0n) is 21.9. The third-order valence-corrected chi connectivity index (χ3v) is 7.96. The summed E-state index contributed by atoms with van der Waals surface area (Å²) >= 11 is 6.64. The van der Waals surface area contributed by atoms with Gasteiger partial charge in [0, 0.05) is 19.8 Å². The number of fused-ring (bicyclic) bond motifs is 1. The van der Waals surface area contributed by atoms with Crippen LogP contribution in [-0.4, -0.2) is 35.5 Å². The number of thiocarbonyl (C=S) groups is 1. The number of hydrogen-bond donors (Lipinski definition) is 1. The van der Waals surface area contributed by atoms with Crippen LogP contribution in [0.25, 0.3) is 17.4 Å². The van der Waals surface area contributed by atoms with Gasteiger partial charge in [-0.15, -0.1) is 0 Å². The summed E-state index contributed by atoms with van der Waals surface area (Å²) < 4.78 is 4.88. The third-order valence-electron chi connectivity index (χ3n) is 6.66. The van der Waals surface area contributed by atoms with Gasteiger partial charge in [-0.2, -0.15) is 0 Å². The number of anilines is 2. The van der Waals surface area contributed by atoms with E-state index in [1.165, 1.54) is 20.1 Å². The molecule has 1 aliphatic heterocycles. The first kappa shape index (κ1) is 26.6. The predicted molar refractivity (Wildman–Crippen MR) is 161 cm³/mol. The number of thioether (sulfide) groups is 1. The molecule has 11 heteroatoms. The van der Waals surface area contributed by atoms with Gasteiger partial charge in [0.2, 0.25) is 0 Å². The molecule has 4 aromatic rings. The van der Waals surface area contributed by atoms with E-state index in [1.807, 2.05) is 36.4 Å². The minimum absolute atomic E-state index is 0.193. The summed E-state index contributed by atoms with van der Waals surface area (Å²) in [5.41, 5.74) is 1.57. The maximum Gasteiger partial charge on any atom is 0.296 e. The molecule has 3 aromatic heterocycles. The van der Waals surface area contributed by atoms with Gasteiger partial charge in [0.15, 0.2) is 4.32 Å². The number of aromatic nitrogens is 4. The largest absolute Gasteiger partial charge is 0.369 e. The van der Waals surface area contributed by atoms with Crippen LogP contribution in [0.2, 0.25) is 0 Å². The SMILES string of the molecule is CCCCCNc1nc2ccccn2c(=O)c1/C=C1/SC(=S)N(c2c(C)n(C)n(-c3ccccc3)c2=O)C1=O. The second-order valence-electron chi connectivity index (χ2n) is 9.17. The molecule has 0 aliphatic carbocycles. The van der Waals surface area contributed by atoms with Crippen molar-refractivity contribution in [1.82, 2.24) is 18.7 Å².